The average molecular weight is 359 g/mol. The molecule has 0 fully saturated rings. The van der Waals surface area contributed by atoms with Gasteiger partial charge in [0.2, 0.25) is 0 Å². The van der Waals surface area contributed by atoms with Gasteiger partial charge in [0.15, 0.2) is 11.0 Å². The van der Waals surface area contributed by atoms with Gasteiger partial charge in [-0.15, -0.1) is 0 Å². The third kappa shape index (κ3) is 3.65. The van der Waals surface area contributed by atoms with Crippen LogP contribution in [0.4, 0.5) is 11.5 Å². The van der Waals surface area contributed by atoms with Crippen molar-refractivity contribution in [1.29, 1.82) is 0 Å². The molecule has 5 nitrogen and oxygen atoms in total. The number of thioether (sulfide) groups is 1. The van der Waals surface area contributed by atoms with E-state index in [4.69, 9.17) is 0 Å². The van der Waals surface area contributed by atoms with E-state index in [2.05, 4.69) is 73.8 Å². The number of benzene rings is 2. The molecule has 0 unspecified atom stereocenters. The summed E-state index contributed by atoms with van der Waals surface area (Å²) in [6.45, 7) is 0. The number of fused-ring (bicyclic) bond motifs is 1. The second-order valence-electron chi connectivity index (χ2n) is 5.80. The molecule has 1 N–H and O–H groups in total. The maximum absolute atomic E-state index is 4.53. The van der Waals surface area contributed by atoms with Gasteiger partial charge >= 0.3 is 0 Å². The van der Waals surface area contributed by atoms with Gasteiger partial charge in [0.25, 0.3) is 0 Å². The zero-order chi connectivity index (χ0) is 17.8. The van der Waals surface area contributed by atoms with Gasteiger partial charge in [-0.2, -0.15) is 0 Å². The lowest BCUT2D eigenvalue weighted by Crippen LogP contribution is -1.99. The molecule has 2 heterocycles. The van der Waals surface area contributed by atoms with Crippen LogP contribution >= 0.6 is 11.8 Å². The number of aromatic nitrogens is 4. The Morgan fingerprint density at radius 1 is 0.885 bits per heavy atom. The van der Waals surface area contributed by atoms with Crippen molar-refractivity contribution >= 4 is 34.3 Å². The van der Waals surface area contributed by atoms with Gasteiger partial charge in [0.05, 0.1) is 6.20 Å². The van der Waals surface area contributed by atoms with E-state index >= 15 is 0 Å². The van der Waals surface area contributed by atoms with Gasteiger partial charge in [-0.1, -0.05) is 54.2 Å². The Labute approximate surface area is 156 Å². The van der Waals surface area contributed by atoms with E-state index in [1.54, 1.807) is 6.20 Å². The van der Waals surface area contributed by atoms with Crippen LogP contribution in [-0.2, 0) is 6.42 Å². The zero-order valence-electron chi connectivity index (χ0n) is 14.3. The molecule has 0 aliphatic carbocycles. The van der Waals surface area contributed by atoms with Crippen molar-refractivity contribution in [3.05, 3.63) is 78.2 Å². The highest BCUT2D eigenvalue weighted by atomic mass is 32.2. The lowest BCUT2D eigenvalue weighted by Gasteiger charge is -2.09. The van der Waals surface area contributed by atoms with Gasteiger partial charge in [-0.25, -0.2) is 19.9 Å². The van der Waals surface area contributed by atoms with E-state index < -0.39 is 0 Å². The van der Waals surface area contributed by atoms with E-state index in [1.165, 1.54) is 29.2 Å². The first-order valence-electron chi connectivity index (χ1n) is 8.23. The fourth-order valence-corrected chi connectivity index (χ4v) is 3.04. The highest BCUT2D eigenvalue weighted by molar-refractivity contribution is 7.98. The van der Waals surface area contributed by atoms with Gasteiger partial charge in [-0.05, 0) is 35.9 Å². The topological polar surface area (TPSA) is 63.6 Å². The van der Waals surface area contributed by atoms with Crippen LogP contribution in [0.3, 0.4) is 0 Å². The second kappa shape index (κ2) is 7.49. The quantitative estimate of drug-likeness (QED) is 0.419. The summed E-state index contributed by atoms with van der Waals surface area (Å²) >= 11 is 1.50. The third-order valence-corrected chi connectivity index (χ3v) is 4.57. The fourth-order valence-electron chi connectivity index (χ4n) is 2.70. The molecule has 128 valence electrons. The fraction of sp³-hybridized carbons (Fsp3) is 0.100. The smallest absolute Gasteiger partial charge is 0.188 e. The molecule has 0 saturated carbocycles. The monoisotopic (exact) mass is 359 g/mol. The van der Waals surface area contributed by atoms with Crippen LogP contribution in [0.15, 0.2) is 72.3 Å². The van der Waals surface area contributed by atoms with Crippen molar-refractivity contribution in [2.24, 2.45) is 0 Å². The molecule has 6 heteroatoms. The number of anilines is 2. The van der Waals surface area contributed by atoms with Crippen molar-refractivity contribution in [3.8, 4) is 0 Å². The molecule has 0 aliphatic rings. The molecule has 4 rings (SSSR count). The molecular weight excluding hydrogens is 342 g/mol. The maximum atomic E-state index is 4.53. The van der Waals surface area contributed by atoms with Gasteiger partial charge in [0, 0.05) is 5.69 Å². The van der Waals surface area contributed by atoms with Crippen LogP contribution in [0.25, 0.3) is 11.0 Å². The first kappa shape index (κ1) is 16.5. The van der Waals surface area contributed by atoms with Crippen LogP contribution in [0.1, 0.15) is 11.1 Å². The maximum Gasteiger partial charge on any atom is 0.188 e. The van der Waals surface area contributed by atoms with Crippen molar-refractivity contribution < 1.29 is 0 Å². The Balaban J connectivity index is 1.57. The molecule has 0 saturated heterocycles. The van der Waals surface area contributed by atoms with Gasteiger partial charge < -0.3 is 5.32 Å². The summed E-state index contributed by atoms with van der Waals surface area (Å²) in [5, 5.41) is 4.04. The summed E-state index contributed by atoms with van der Waals surface area (Å²) in [5.74, 6) is 0.684. The van der Waals surface area contributed by atoms with Crippen LogP contribution in [0.5, 0.6) is 0 Å². The first-order chi connectivity index (χ1) is 12.8. The Morgan fingerprint density at radius 3 is 2.42 bits per heavy atom. The molecule has 0 bridgehead atoms. The molecule has 4 aromatic rings. The lowest BCUT2D eigenvalue weighted by atomic mass is 10.0. The number of hydrogen-bond donors (Lipinski definition) is 1. The summed E-state index contributed by atoms with van der Waals surface area (Å²) in [6, 6.07) is 18.8. The predicted octanol–water partition coefficient (Wildman–Crippen LogP) is 4.48. The van der Waals surface area contributed by atoms with Crippen molar-refractivity contribution in [2.75, 3.05) is 11.6 Å². The van der Waals surface area contributed by atoms with Gasteiger partial charge in [0.1, 0.15) is 17.4 Å². The normalized spacial score (nSPS) is 10.8. The predicted molar refractivity (Wildman–Crippen MR) is 106 cm³/mol. The largest absolute Gasteiger partial charge is 0.338 e. The molecule has 2 aromatic heterocycles. The van der Waals surface area contributed by atoms with Gasteiger partial charge in [-0.3, -0.25) is 0 Å². The Kier molecular flexibility index (Phi) is 4.75. The van der Waals surface area contributed by atoms with Crippen LogP contribution < -0.4 is 5.32 Å². The van der Waals surface area contributed by atoms with Crippen LogP contribution in [0, 0.1) is 0 Å². The van der Waals surface area contributed by atoms with E-state index in [0.717, 1.165) is 23.1 Å². The van der Waals surface area contributed by atoms with E-state index in [0.29, 0.717) is 11.0 Å². The minimum absolute atomic E-state index is 0.684. The second-order valence-corrected chi connectivity index (χ2v) is 6.57. The Bertz CT molecular complexity index is 1020. The highest BCUT2D eigenvalue weighted by Crippen LogP contribution is 2.23. The minimum atomic E-state index is 0.684. The first-order valence-corrected chi connectivity index (χ1v) is 9.46. The van der Waals surface area contributed by atoms with Crippen molar-refractivity contribution in [2.45, 2.75) is 11.6 Å². The lowest BCUT2D eigenvalue weighted by molar-refractivity contribution is 0.993. The standard InChI is InChI=1S/C20H17N5S/c1-26-20-21-12-17-18(25-20)19(23-13-22-17)24-16-9-7-15(8-10-16)11-14-5-3-2-4-6-14/h2-10,12-13H,11H2,1H3,(H,22,23,24). The molecule has 0 amide bonds. The number of rotatable bonds is 5. The van der Waals surface area contributed by atoms with E-state index in [-0.39, 0.29) is 0 Å². The third-order valence-electron chi connectivity index (χ3n) is 4.01. The van der Waals surface area contributed by atoms with Crippen LogP contribution in [0.2, 0.25) is 0 Å². The molecular formula is C20H17N5S. The van der Waals surface area contributed by atoms with Crippen LogP contribution in [-0.4, -0.2) is 26.2 Å². The molecule has 0 atom stereocenters. The van der Waals surface area contributed by atoms with E-state index in [1.807, 2.05) is 12.3 Å². The SMILES string of the molecule is CSc1ncc2ncnc(Nc3ccc(Cc4ccccc4)cc3)c2n1. The summed E-state index contributed by atoms with van der Waals surface area (Å²) in [5.41, 5.74) is 4.98. The summed E-state index contributed by atoms with van der Waals surface area (Å²) < 4.78 is 0. The van der Waals surface area contributed by atoms with E-state index in [9.17, 15) is 0 Å². The average Bonchev–Trinajstić information content (AvgIpc) is 2.70. The molecule has 26 heavy (non-hydrogen) atoms. The Morgan fingerprint density at radius 2 is 1.65 bits per heavy atom. The Hall–Kier alpha value is -2.99. The number of nitrogens with one attached hydrogen (secondary N) is 1. The number of nitrogens with zero attached hydrogens (tertiary/aromatic N) is 4. The minimum Gasteiger partial charge on any atom is -0.338 e. The highest BCUT2D eigenvalue weighted by Gasteiger charge is 2.08. The van der Waals surface area contributed by atoms with Crippen molar-refractivity contribution in [3.63, 3.8) is 0 Å². The number of hydrogen-bond acceptors (Lipinski definition) is 6. The molecule has 0 radical (unpaired) electrons. The zero-order valence-corrected chi connectivity index (χ0v) is 15.1. The molecule has 2 aromatic carbocycles. The summed E-state index contributed by atoms with van der Waals surface area (Å²) in [4.78, 5) is 17.4. The summed E-state index contributed by atoms with van der Waals surface area (Å²) in [7, 11) is 0. The molecule has 0 spiro atoms. The van der Waals surface area contributed by atoms with Crippen molar-refractivity contribution in [1.82, 2.24) is 19.9 Å². The molecule has 0 aliphatic heterocycles. The summed E-state index contributed by atoms with van der Waals surface area (Å²) in [6.07, 6.45) is 6.12.